The molecule has 0 heterocycles. The van der Waals surface area contributed by atoms with E-state index in [1.807, 2.05) is 55.5 Å². The molecule has 140 valence electrons. The van der Waals surface area contributed by atoms with Crippen LogP contribution in [-0.2, 0) is 10.2 Å². The highest BCUT2D eigenvalue weighted by Crippen LogP contribution is 2.58. The van der Waals surface area contributed by atoms with E-state index < -0.39 is 0 Å². The van der Waals surface area contributed by atoms with Crippen LogP contribution in [0, 0.1) is 12.8 Å². The number of aryl methyl sites for hydroxylation is 1. The first-order valence-corrected chi connectivity index (χ1v) is 9.39. The van der Waals surface area contributed by atoms with Crippen molar-refractivity contribution in [1.82, 2.24) is 10.9 Å². The second-order valence-electron chi connectivity index (χ2n) is 7.27. The quantitative estimate of drug-likeness (QED) is 0.687. The number of carbonyl (C=O) groups excluding carboxylic acids is 2. The Morgan fingerprint density at radius 1 is 0.821 bits per heavy atom. The standard InChI is InChI=1S/C24H22N2O2/c1-17-9-8-10-18(15-17)22(27)25-26-23(28)21-16-24(21,19-11-4-2-5-12-19)20-13-6-3-7-14-20/h2-15,21H,16H2,1H3,(H,25,27)(H,26,28)/t21-/m1/s1. The van der Waals surface area contributed by atoms with Gasteiger partial charge in [-0.3, -0.25) is 20.4 Å². The monoisotopic (exact) mass is 370 g/mol. The zero-order valence-electron chi connectivity index (χ0n) is 15.7. The maximum Gasteiger partial charge on any atom is 0.269 e. The van der Waals surface area contributed by atoms with E-state index in [1.165, 1.54) is 0 Å². The lowest BCUT2D eigenvalue weighted by molar-refractivity contribution is -0.123. The van der Waals surface area contributed by atoms with Gasteiger partial charge in [0.15, 0.2) is 0 Å². The summed E-state index contributed by atoms with van der Waals surface area (Å²) >= 11 is 0. The van der Waals surface area contributed by atoms with Gasteiger partial charge in [0.2, 0.25) is 5.91 Å². The van der Waals surface area contributed by atoms with Crippen LogP contribution in [0.1, 0.15) is 33.5 Å². The molecule has 0 spiro atoms. The maximum absolute atomic E-state index is 12.8. The molecule has 0 saturated heterocycles. The lowest BCUT2D eigenvalue weighted by Crippen LogP contribution is -2.43. The first kappa shape index (κ1) is 18.0. The lowest BCUT2D eigenvalue weighted by atomic mass is 9.85. The fourth-order valence-electron chi connectivity index (χ4n) is 3.92. The highest BCUT2D eigenvalue weighted by Gasteiger charge is 2.60. The Labute approximate surface area is 164 Å². The molecule has 2 N–H and O–H groups in total. The van der Waals surface area contributed by atoms with E-state index in [4.69, 9.17) is 0 Å². The zero-order valence-corrected chi connectivity index (χ0v) is 15.7. The van der Waals surface area contributed by atoms with E-state index >= 15 is 0 Å². The average molecular weight is 370 g/mol. The fourth-order valence-corrected chi connectivity index (χ4v) is 3.92. The molecule has 1 aliphatic rings. The number of hydrazine groups is 1. The number of carbonyl (C=O) groups is 2. The summed E-state index contributed by atoms with van der Waals surface area (Å²) in [6.07, 6.45) is 0.715. The highest BCUT2D eigenvalue weighted by molar-refractivity contribution is 5.96. The van der Waals surface area contributed by atoms with Crippen molar-refractivity contribution in [2.45, 2.75) is 18.8 Å². The van der Waals surface area contributed by atoms with Crippen molar-refractivity contribution in [3.63, 3.8) is 0 Å². The van der Waals surface area contributed by atoms with E-state index in [9.17, 15) is 9.59 Å². The number of benzene rings is 3. The number of nitrogens with one attached hydrogen (secondary N) is 2. The molecule has 4 heteroatoms. The second kappa shape index (κ2) is 7.31. The lowest BCUT2D eigenvalue weighted by Gasteiger charge is -2.19. The summed E-state index contributed by atoms with van der Waals surface area (Å²) in [5.41, 5.74) is 8.57. The molecule has 0 unspecified atom stereocenters. The van der Waals surface area contributed by atoms with E-state index in [0.717, 1.165) is 16.7 Å². The summed E-state index contributed by atoms with van der Waals surface area (Å²) in [4.78, 5) is 25.2. The van der Waals surface area contributed by atoms with E-state index in [0.29, 0.717) is 12.0 Å². The highest BCUT2D eigenvalue weighted by atomic mass is 16.2. The van der Waals surface area contributed by atoms with E-state index in [1.54, 1.807) is 12.1 Å². The van der Waals surface area contributed by atoms with Gasteiger partial charge in [-0.2, -0.15) is 0 Å². The molecule has 0 aromatic heterocycles. The van der Waals surface area contributed by atoms with Gasteiger partial charge in [0.25, 0.3) is 5.91 Å². The van der Waals surface area contributed by atoms with Crippen LogP contribution in [0.3, 0.4) is 0 Å². The third kappa shape index (κ3) is 3.29. The number of hydrogen-bond acceptors (Lipinski definition) is 2. The van der Waals surface area contributed by atoms with Crippen LogP contribution in [0.2, 0.25) is 0 Å². The Kier molecular flexibility index (Phi) is 4.70. The van der Waals surface area contributed by atoms with Crippen molar-refractivity contribution in [2.75, 3.05) is 0 Å². The molecule has 28 heavy (non-hydrogen) atoms. The minimum Gasteiger partial charge on any atom is -0.273 e. The summed E-state index contributed by atoms with van der Waals surface area (Å²) < 4.78 is 0. The van der Waals surface area contributed by atoms with Gasteiger partial charge in [0.1, 0.15) is 0 Å². The van der Waals surface area contributed by atoms with Crippen LogP contribution in [0.4, 0.5) is 0 Å². The van der Waals surface area contributed by atoms with Crippen LogP contribution in [0.25, 0.3) is 0 Å². The molecular formula is C24H22N2O2. The van der Waals surface area contributed by atoms with Crippen LogP contribution in [0.15, 0.2) is 84.9 Å². The molecule has 1 saturated carbocycles. The van der Waals surface area contributed by atoms with Crippen LogP contribution in [0.5, 0.6) is 0 Å². The smallest absolute Gasteiger partial charge is 0.269 e. The van der Waals surface area contributed by atoms with Gasteiger partial charge in [-0.05, 0) is 36.6 Å². The molecule has 4 nitrogen and oxygen atoms in total. The van der Waals surface area contributed by atoms with Gasteiger partial charge in [-0.25, -0.2) is 0 Å². The number of amides is 2. The first-order chi connectivity index (χ1) is 13.6. The normalized spacial score (nSPS) is 16.8. The Balaban J connectivity index is 1.51. The van der Waals surface area contributed by atoms with Crippen molar-refractivity contribution in [3.05, 3.63) is 107 Å². The largest absolute Gasteiger partial charge is 0.273 e. The van der Waals surface area contributed by atoms with Crippen LogP contribution in [-0.4, -0.2) is 11.8 Å². The molecule has 0 aliphatic heterocycles. The average Bonchev–Trinajstić information content (AvgIpc) is 3.50. The molecule has 0 radical (unpaired) electrons. The van der Waals surface area contributed by atoms with Crippen LogP contribution < -0.4 is 10.9 Å². The topological polar surface area (TPSA) is 58.2 Å². The molecule has 1 atom stereocenters. The van der Waals surface area contributed by atoms with E-state index in [2.05, 4.69) is 35.1 Å². The molecular weight excluding hydrogens is 348 g/mol. The molecule has 1 aliphatic carbocycles. The second-order valence-corrected chi connectivity index (χ2v) is 7.27. The van der Waals surface area contributed by atoms with Crippen molar-refractivity contribution in [3.8, 4) is 0 Å². The molecule has 3 aromatic rings. The Bertz CT molecular complexity index is 960. The van der Waals surface area contributed by atoms with Crippen molar-refractivity contribution in [1.29, 1.82) is 0 Å². The van der Waals surface area contributed by atoms with Gasteiger partial charge >= 0.3 is 0 Å². The Hall–Kier alpha value is -3.40. The van der Waals surface area contributed by atoms with Gasteiger partial charge in [-0.15, -0.1) is 0 Å². The Morgan fingerprint density at radius 3 is 2.00 bits per heavy atom. The van der Waals surface area contributed by atoms with Gasteiger partial charge in [-0.1, -0.05) is 78.4 Å². The molecule has 4 rings (SSSR count). The van der Waals surface area contributed by atoms with Gasteiger partial charge < -0.3 is 0 Å². The van der Waals surface area contributed by atoms with Crippen LogP contribution >= 0.6 is 0 Å². The fraction of sp³-hybridized carbons (Fsp3) is 0.167. The SMILES string of the molecule is Cc1cccc(C(=O)NNC(=O)[C@H]2CC2(c2ccccc2)c2ccccc2)c1. The molecule has 0 bridgehead atoms. The third-order valence-corrected chi connectivity index (χ3v) is 5.43. The minimum absolute atomic E-state index is 0.172. The Morgan fingerprint density at radius 2 is 1.43 bits per heavy atom. The molecule has 1 fully saturated rings. The maximum atomic E-state index is 12.8. The van der Waals surface area contributed by atoms with Gasteiger partial charge in [0.05, 0.1) is 5.92 Å². The van der Waals surface area contributed by atoms with Crippen molar-refractivity contribution < 1.29 is 9.59 Å². The van der Waals surface area contributed by atoms with Crippen molar-refractivity contribution in [2.24, 2.45) is 5.92 Å². The summed E-state index contributed by atoms with van der Waals surface area (Å²) in [7, 11) is 0. The summed E-state index contributed by atoms with van der Waals surface area (Å²) in [6.45, 7) is 1.92. The minimum atomic E-state index is -0.347. The van der Waals surface area contributed by atoms with Crippen molar-refractivity contribution >= 4 is 11.8 Å². The predicted molar refractivity (Wildman–Crippen MR) is 109 cm³/mol. The predicted octanol–water partition coefficient (Wildman–Crippen LogP) is 3.76. The van der Waals surface area contributed by atoms with Gasteiger partial charge in [0, 0.05) is 11.0 Å². The summed E-state index contributed by atoms with van der Waals surface area (Å²) in [5.74, 6) is -0.716. The first-order valence-electron chi connectivity index (χ1n) is 9.39. The zero-order chi connectivity index (χ0) is 19.6. The van der Waals surface area contributed by atoms with E-state index in [-0.39, 0.29) is 23.1 Å². The molecule has 3 aromatic carbocycles. The third-order valence-electron chi connectivity index (χ3n) is 5.43. The summed E-state index contributed by atoms with van der Waals surface area (Å²) in [6, 6.07) is 27.4. The number of rotatable bonds is 4. The number of hydrogen-bond donors (Lipinski definition) is 2. The molecule has 2 amide bonds. The summed E-state index contributed by atoms with van der Waals surface area (Å²) in [5, 5.41) is 0.